The average Bonchev–Trinajstić information content (AvgIpc) is 2.71. The number of rotatable bonds is 11. The summed E-state index contributed by atoms with van der Waals surface area (Å²) >= 11 is 0. The van der Waals surface area contributed by atoms with Crippen molar-refractivity contribution < 1.29 is 28.1 Å². The molecule has 8 nitrogen and oxygen atoms in total. The Morgan fingerprint density at radius 1 is 1.14 bits per heavy atom. The number of sulfonamides is 1. The molecule has 166 valence electrons. The van der Waals surface area contributed by atoms with Crippen molar-refractivity contribution in [2.24, 2.45) is 11.7 Å². The van der Waals surface area contributed by atoms with Crippen LogP contribution in [0.25, 0.3) is 0 Å². The first-order valence-corrected chi connectivity index (χ1v) is 11.7. The second kappa shape index (κ2) is 11.1. The van der Waals surface area contributed by atoms with Gasteiger partial charge in [-0.05, 0) is 30.0 Å². The SMILES string of the molecule is COc1ccc(CNS(=O)(=O)C[C@H](O)[C@H](O)[C@@H](N)CC2CCCCC2)cc1OC. The molecule has 0 unspecified atom stereocenters. The summed E-state index contributed by atoms with van der Waals surface area (Å²) in [7, 11) is -0.794. The smallest absolute Gasteiger partial charge is 0.214 e. The molecule has 0 aromatic heterocycles. The van der Waals surface area contributed by atoms with Crippen molar-refractivity contribution in [3.63, 3.8) is 0 Å². The van der Waals surface area contributed by atoms with E-state index in [1.54, 1.807) is 18.2 Å². The van der Waals surface area contributed by atoms with E-state index in [2.05, 4.69) is 4.72 Å². The minimum absolute atomic E-state index is 0.0274. The number of benzene rings is 1. The van der Waals surface area contributed by atoms with Crippen LogP contribution in [0.4, 0.5) is 0 Å². The zero-order valence-corrected chi connectivity index (χ0v) is 18.0. The fourth-order valence-electron chi connectivity index (χ4n) is 3.80. The third kappa shape index (κ3) is 7.42. The molecule has 9 heteroatoms. The lowest BCUT2D eigenvalue weighted by molar-refractivity contribution is 0.0107. The van der Waals surface area contributed by atoms with Gasteiger partial charge in [-0.1, -0.05) is 38.2 Å². The number of hydrogen-bond donors (Lipinski definition) is 4. The normalized spacial score (nSPS) is 18.8. The predicted molar refractivity (Wildman–Crippen MR) is 111 cm³/mol. The summed E-state index contributed by atoms with van der Waals surface area (Å²) in [5.74, 6) is 0.859. The Morgan fingerprint density at radius 3 is 2.41 bits per heavy atom. The molecule has 1 fully saturated rings. The quantitative estimate of drug-likeness (QED) is 0.414. The van der Waals surface area contributed by atoms with Crippen LogP contribution in [0.3, 0.4) is 0 Å². The minimum Gasteiger partial charge on any atom is -0.493 e. The van der Waals surface area contributed by atoms with E-state index in [4.69, 9.17) is 15.2 Å². The standard InChI is InChI=1S/C20H34N2O6S/c1-27-18-9-8-15(11-19(18)28-2)12-22-29(25,26)13-17(23)20(24)16(21)10-14-6-4-3-5-7-14/h8-9,11,14,16-17,20,22-24H,3-7,10,12-13,21H2,1-2H3/t16-,17-,20+/m0/s1. The highest BCUT2D eigenvalue weighted by atomic mass is 32.2. The van der Waals surface area contributed by atoms with Gasteiger partial charge in [0.2, 0.25) is 10.0 Å². The third-order valence-electron chi connectivity index (χ3n) is 5.50. The number of nitrogens with two attached hydrogens (primary N) is 1. The Kier molecular flexibility index (Phi) is 9.16. The maximum atomic E-state index is 12.3. The van der Waals surface area contributed by atoms with Gasteiger partial charge in [0.1, 0.15) is 0 Å². The van der Waals surface area contributed by atoms with Crippen molar-refractivity contribution in [2.45, 2.75) is 63.3 Å². The molecule has 1 aromatic carbocycles. The number of nitrogens with one attached hydrogen (secondary N) is 1. The van der Waals surface area contributed by atoms with Gasteiger partial charge in [-0.2, -0.15) is 0 Å². The maximum absolute atomic E-state index is 12.3. The fraction of sp³-hybridized carbons (Fsp3) is 0.700. The third-order valence-corrected chi connectivity index (χ3v) is 6.86. The largest absolute Gasteiger partial charge is 0.493 e. The van der Waals surface area contributed by atoms with Gasteiger partial charge in [0.25, 0.3) is 0 Å². The van der Waals surface area contributed by atoms with E-state index >= 15 is 0 Å². The number of aliphatic hydroxyl groups is 2. The Bertz CT molecular complexity index is 736. The first kappa shape index (κ1) is 23.9. The number of methoxy groups -OCH3 is 2. The van der Waals surface area contributed by atoms with E-state index < -0.39 is 34.0 Å². The zero-order chi connectivity index (χ0) is 21.4. The van der Waals surface area contributed by atoms with Gasteiger partial charge in [0.05, 0.1) is 32.2 Å². The van der Waals surface area contributed by atoms with Gasteiger partial charge in [-0.25, -0.2) is 13.1 Å². The zero-order valence-electron chi connectivity index (χ0n) is 17.2. The molecule has 29 heavy (non-hydrogen) atoms. The monoisotopic (exact) mass is 430 g/mol. The van der Waals surface area contributed by atoms with E-state index in [1.165, 1.54) is 20.6 Å². The molecule has 0 saturated heterocycles. The summed E-state index contributed by atoms with van der Waals surface area (Å²) in [5.41, 5.74) is 6.72. The molecule has 0 radical (unpaired) electrons. The lowest BCUT2D eigenvalue weighted by Gasteiger charge is -2.29. The number of ether oxygens (including phenoxy) is 2. The maximum Gasteiger partial charge on any atom is 0.214 e. The molecule has 0 bridgehead atoms. The molecule has 0 heterocycles. The van der Waals surface area contributed by atoms with Crippen LogP contribution >= 0.6 is 0 Å². The second-order valence-corrected chi connectivity index (χ2v) is 9.60. The highest BCUT2D eigenvalue weighted by Gasteiger charge is 2.30. The molecule has 0 aliphatic heterocycles. The summed E-state index contributed by atoms with van der Waals surface area (Å²) < 4.78 is 37.5. The van der Waals surface area contributed by atoms with Crippen molar-refractivity contribution in [3.05, 3.63) is 23.8 Å². The molecule has 2 rings (SSSR count). The first-order chi connectivity index (χ1) is 13.8. The van der Waals surface area contributed by atoms with Gasteiger partial charge in [-0.15, -0.1) is 0 Å². The summed E-state index contributed by atoms with van der Waals surface area (Å²) in [6, 6.07) is 4.43. The van der Waals surface area contributed by atoms with Crippen LogP contribution in [-0.2, 0) is 16.6 Å². The van der Waals surface area contributed by atoms with E-state index in [1.807, 2.05) is 0 Å². The predicted octanol–water partition coefficient (Wildman–Crippen LogP) is 1.14. The van der Waals surface area contributed by atoms with Crippen LogP contribution in [0.15, 0.2) is 18.2 Å². The molecule has 0 spiro atoms. The van der Waals surface area contributed by atoms with E-state index in [0.717, 1.165) is 25.7 Å². The van der Waals surface area contributed by atoms with E-state index in [-0.39, 0.29) is 6.54 Å². The molecule has 1 aromatic rings. The molecule has 1 aliphatic rings. The second-order valence-electron chi connectivity index (χ2n) is 7.75. The lowest BCUT2D eigenvalue weighted by Crippen LogP contribution is -2.48. The fourth-order valence-corrected chi connectivity index (χ4v) is 4.95. The van der Waals surface area contributed by atoms with Crippen LogP contribution in [0.2, 0.25) is 0 Å². The van der Waals surface area contributed by atoms with Gasteiger partial charge in [0, 0.05) is 12.6 Å². The lowest BCUT2D eigenvalue weighted by atomic mass is 9.83. The van der Waals surface area contributed by atoms with Crippen molar-refractivity contribution in [1.82, 2.24) is 4.72 Å². The van der Waals surface area contributed by atoms with E-state index in [0.29, 0.717) is 29.4 Å². The van der Waals surface area contributed by atoms with Crippen LogP contribution in [0.5, 0.6) is 11.5 Å². The van der Waals surface area contributed by atoms with E-state index in [9.17, 15) is 18.6 Å². The van der Waals surface area contributed by atoms with Crippen molar-refractivity contribution in [1.29, 1.82) is 0 Å². The molecular weight excluding hydrogens is 396 g/mol. The average molecular weight is 431 g/mol. The minimum atomic E-state index is -3.81. The molecule has 3 atom stereocenters. The van der Waals surface area contributed by atoms with Crippen molar-refractivity contribution >= 4 is 10.0 Å². The number of hydrogen-bond acceptors (Lipinski definition) is 7. The Balaban J connectivity index is 1.87. The highest BCUT2D eigenvalue weighted by molar-refractivity contribution is 7.89. The Hall–Kier alpha value is -1.39. The van der Waals surface area contributed by atoms with Gasteiger partial charge in [0.15, 0.2) is 11.5 Å². The van der Waals surface area contributed by atoms with Crippen LogP contribution in [0.1, 0.15) is 44.1 Å². The number of aliphatic hydroxyl groups excluding tert-OH is 2. The summed E-state index contributed by atoms with van der Waals surface area (Å²) in [4.78, 5) is 0. The van der Waals surface area contributed by atoms with Crippen LogP contribution in [-0.4, -0.2) is 56.9 Å². The summed E-state index contributed by atoms with van der Waals surface area (Å²) in [5, 5.41) is 20.5. The molecule has 1 saturated carbocycles. The Morgan fingerprint density at radius 2 is 1.79 bits per heavy atom. The summed E-state index contributed by atoms with van der Waals surface area (Å²) in [6.45, 7) is 0.0274. The molecule has 1 aliphatic carbocycles. The van der Waals surface area contributed by atoms with Gasteiger partial charge >= 0.3 is 0 Å². The van der Waals surface area contributed by atoms with Crippen molar-refractivity contribution in [2.75, 3.05) is 20.0 Å². The molecule has 0 amide bonds. The highest BCUT2D eigenvalue weighted by Crippen LogP contribution is 2.28. The summed E-state index contributed by atoms with van der Waals surface area (Å²) in [6.07, 6.45) is 3.54. The first-order valence-electron chi connectivity index (χ1n) is 10.1. The Labute approximate surface area is 173 Å². The van der Waals surface area contributed by atoms with Crippen molar-refractivity contribution in [3.8, 4) is 11.5 Å². The molecule has 5 N–H and O–H groups in total. The topological polar surface area (TPSA) is 131 Å². The van der Waals surface area contributed by atoms with Crippen LogP contribution < -0.4 is 19.9 Å². The van der Waals surface area contributed by atoms with Gasteiger partial charge in [-0.3, -0.25) is 0 Å². The molecular formula is C20H34N2O6S. The van der Waals surface area contributed by atoms with Gasteiger partial charge < -0.3 is 25.4 Å². The van der Waals surface area contributed by atoms with Crippen LogP contribution in [0, 0.1) is 5.92 Å².